The lowest BCUT2D eigenvalue weighted by atomic mass is 9.90. The molecule has 0 unspecified atom stereocenters. The summed E-state index contributed by atoms with van der Waals surface area (Å²) >= 11 is 12.5. The zero-order valence-corrected chi connectivity index (χ0v) is 17.2. The molecule has 3 nitrogen and oxygen atoms in total. The summed E-state index contributed by atoms with van der Waals surface area (Å²) in [4.78, 5) is 13.1. The number of hydrogen-bond donors (Lipinski definition) is 0. The minimum absolute atomic E-state index is 0.215. The van der Waals surface area contributed by atoms with Crippen molar-refractivity contribution in [2.24, 2.45) is 5.92 Å². The molecule has 27 heavy (non-hydrogen) atoms. The number of aryl methyl sites for hydroxylation is 1. The van der Waals surface area contributed by atoms with E-state index in [0.717, 1.165) is 5.56 Å². The average Bonchev–Trinajstić information content (AvgIpc) is 2.67. The number of halogens is 2. The fourth-order valence-corrected chi connectivity index (χ4v) is 4.16. The van der Waals surface area contributed by atoms with Crippen LogP contribution < -0.4 is 9.47 Å². The Morgan fingerprint density at radius 3 is 2.37 bits per heavy atom. The highest BCUT2D eigenvalue weighted by Gasteiger charge is 2.22. The lowest BCUT2D eigenvalue weighted by Gasteiger charge is -2.22. The zero-order valence-electron chi connectivity index (χ0n) is 15.7. The second-order valence-electron chi connectivity index (χ2n) is 7.06. The number of ether oxygens (including phenoxy) is 2. The number of ketones is 1. The molecule has 0 heterocycles. The molecule has 2 aromatic carbocycles. The van der Waals surface area contributed by atoms with E-state index in [1.54, 1.807) is 31.4 Å². The van der Waals surface area contributed by atoms with Gasteiger partial charge in [0.05, 0.1) is 29.3 Å². The van der Waals surface area contributed by atoms with Crippen LogP contribution >= 0.6 is 23.2 Å². The van der Waals surface area contributed by atoms with E-state index in [1.165, 1.54) is 32.1 Å². The largest absolute Gasteiger partial charge is 0.493 e. The van der Waals surface area contributed by atoms with Crippen LogP contribution in [0.15, 0.2) is 30.3 Å². The van der Waals surface area contributed by atoms with Crippen LogP contribution in [0.1, 0.15) is 53.6 Å². The minimum atomic E-state index is -0.215. The molecule has 0 radical (unpaired) electrons. The maximum Gasteiger partial charge on any atom is 0.196 e. The van der Waals surface area contributed by atoms with E-state index in [2.05, 4.69) is 0 Å². The molecule has 0 bridgehead atoms. The maximum atomic E-state index is 13.1. The summed E-state index contributed by atoms with van der Waals surface area (Å²) in [5, 5.41) is 0.680. The van der Waals surface area contributed by atoms with E-state index < -0.39 is 0 Å². The highest BCUT2D eigenvalue weighted by atomic mass is 35.5. The van der Waals surface area contributed by atoms with Gasteiger partial charge in [-0.05, 0) is 55.5 Å². The minimum Gasteiger partial charge on any atom is -0.493 e. The predicted molar refractivity (Wildman–Crippen MR) is 110 cm³/mol. The van der Waals surface area contributed by atoms with Gasteiger partial charge in [-0.3, -0.25) is 4.79 Å². The van der Waals surface area contributed by atoms with Crippen LogP contribution in [0.3, 0.4) is 0 Å². The standard InChI is InChI=1S/C22H24Cl2O3/c1-14-11-19(26-2)20(27-13-15-7-4-3-5-8-15)12-16(14)22(25)21-17(23)9-6-10-18(21)24/h6,9-12,15H,3-5,7-8,13H2,1-2H3. The van der Waals surface area contributed by atoms with Gasteiger partial charge in [0.2, 0.25) is 0 Å². The molecule has 1 saturated carbocycles. The summed E-state index contributed by atoms with van der Waals surface area (Å²) in [5.41, 5.74) is 1.62. The quantitative estimate of drug-likeness (QED) is 0.513. The number of rotatable bonds is 6. The summed E-state index contributed by atoms with van der Waals surface area (Å²) in [6.07, 6.45) is 6.20. The Morgan fingerprint density at radius 2 is 1.74 bits per heavy atom. The summed E-state index contributed by atoms with van der Waals surface area (Å²) < 4.78 is 11.5. The van der Waals surface area contributed by atoms with E-state index in [9.17, 15) is 4.79 Å². The van der Waals surface area contributed by atoms with Crippen LogP contribution in [0.2, 0.25) is 10.0 Å². The topological polar surface area (TPSA) is 35.5 Å². The summed E-state index contributed by atoms with van der Waals surface area (Å²) in [7, 11) is 1.61. The van der Waals surface area contributed by atoms with Crippen LogP contribution in [0, 0.1) is 12.8 Å². The molecule has 1 aliphatic carbocycles. The first-order valence-corrected chi connectivity index (χ1v) is 10.1. The first-order valence-electron chi connectivity index (χ1n) is 9.31. The molecule has 2 aromatic rings. The number of methoxy groups -OCH3 is 1. The van der Waals surface area contributed by atoms with Gasteiger partial charge in [-0.15, -0.1) is 0 Å². The van der Waals surface area contributed by atoms with Crippen LogP contribution in [0.25, 0.3) is 0 Å². The smallest absolute Gasteiger partial charge is 0.196 e. The number of carbonyl (C=O) groups excluding carboxylic acids is 1. The molecule has 0 aromatic heterocycles. The van der Waals surface area contributed by atoms with E-state index in [1.807, 2.05) is 13.0 Å². The van der Waals surface area contributed by atoms with Crippen molar-refractivity contribution in [1.29, 1.82) is 0 Å². The van der Waals surface area contributed by atoms with Crippen LogP contribution in [-0.2, 0) is 0 Å². The Morgan fingerprint density at radius 1 is 1.07 bits per heavy atom. The molecule has 0 atom stereocenters. The van der Waals surface area contributed by atoms with Crippen LogP contribution in [-0.4, -0.2) is 19.5 Å². The van der Waals surface area contributed by atoms with Gasteiger partial charge in [0.1, 0.15) is 0 Å². The third-order valence-corrected chi connectivity index (χ3v) is 5.77. The van der Waals surface area contributed by atoms with Crippen molar-refractivity contribution in [2.75, 3.05) is 13.7 Å². The number of hydrogen-bond acceptors (Lipinski definition) is 3. The zero-order chi connectivity index (χ0) is 19.4. The second kappa shape index (κ2) is 8.99. The molecule has 0 amide bonds. The van der Waals surface area contributed by atoms with Gasteiger partial charge < -0.3 is 9.47 Å². The van der Waals surface area contributed by atoms with Crippen molar-refractivity contribution in [1.82, 2.24) is 0 Å². The fraction of sp³-hybridized carbons (Fsp3) is 0.409. The van der Waals surface area contributed by atoms with Crippen LogP contribution in [0.5, 0.6) is 11.5 Å². The van der Waals surface area contributed by atoms with Crippen molar-refractivity contribution >= 4 is 29.0 Å². The summed E-state index contributed by atoms with van der Waals surface area (Å²) in [5.74, 6) is 1.56. The molecule has 5 heteroatoms. The first kappa shape index (κ1) is 20.0. The van der Waals surface area contributed by atoms with Crippen LogP contribution in [0.4, 0.5) is 0 Å². The van der Waals surface area contributed by atoms with Crippen molar-refractivity contribution in [3.05, 3.63) is 57.1 Å². The van der Waals surface area contributed by atoms with E-state index in [0.29, 0.717) is 45.2 Å². The Labute approximate surface area is 170 Å². The van der Waals surface area contributed by atoms with Crippen molar-refractivity contribution in [3.8, 4) is 11.5 Å². The lowest BCUT2D eigenvalue weighted by molar-refractivity contribution is 0.103. The Bertz CT molecular complexity index is 806. The van der Waals surface area contributed by atoms with Gasteiger partial charge in [0, 0.05) is 5.56 Å². The molecular formula is C22H24Cl2O3. The Kier molecular flexibility index (Phi) is 6.67. The highest BCUT2D eigenvalue weighted by molar-refractivity contribution is 6.41. The number of benzene rings is 2. The molecule has 0 spiro atoms. The molecule has 0 N–H and O–H groups in total. The van der Waals surface area contributed by atoms with Gasteiger partial charge in [0.15, 0.2) is 17.3 Å². The number of carbonyl (C=O) groups is 1. The molecule has 3 rings (SSSR count). The summed E-state index contributed by atoms with van der Waals surface area (Å²) in [6.45, 7) is 2.51. The monoisotopic (exact) mass is 406 g/mol. The summed E-state index contributed by atoms with van der Waals surface area (Å²) in [6, 6.07) is 8.63. The Hall–Kier alpha value is -1.71. The van der Waals surface area contributed by atoms with Gasteiger partial charge >= 0.3 is 0 Å². The van der Waals surface area contributed by atoms with Crippen molar-refractivity contribution in [2.45, 2.75) is 39.0 Å². The third kappa shape index (κ3) is 4.59. The predicted octanol–water partition coefficient (Wildman–Crippen LogP) is 6.50. The first-order chi connectivity index (χ1) is 13.0. The van der Waals surface area contributed by atoms with Gasteiger partial charge in [-0.2, -0.15) is 0 Å². The normalized spacial score (nSPS) is 14.8. The lowest BCUT2D eigenvalue weighted by Crippen LogP contribution is -2.16. The molecular weight excluding hydrogens is 383 g/mol. The molecule has 1 fully saturated rings. The van der Waals surface area contributed by atoms with E-state index in [4.69, 9.17) is 32.7 Å². The Balaban J connectivity index is 1.90. The molecule has 1 aliphatic rings. The van der Waals surface area contributed by atoms with Crippen molar-refractivity contribution < 1.29 is 14.3 Å². The second-order valence-corrected chi connectivity index (χ2v) is 7.87. The highest BCUT2D eigenvalue weighted by Crippen LogP contribution is 2.35. The van der Waals surface area contributed by atoms with Gasteiger partial charge in [-0.1, -0.05) is 48.5 Å². The van der Waals surface area contributed by atoms with E-state index in [-0.39, 0.29) is 5.78 Å². The molecule has 0 saturated heterocycles. The SMILES string of the molecule is COc1cc(C)c(C(=O)c2c(Cl)cccc2Cl)cc1OCC1CCCCC1. The average molecular weight is 407 g/mol. The van der Waals surface area contributed by atoms with Gasteiger partial charge in [-0.25, -0.2) is 0 Å². The van der Waals surface area contributed by atoms with Crippen molar-refractivity contribution in [3.63, 3.8) is 0 Å². The van der Waals surface area contributed by atoms with E-state index >= 15 is 0 Å². The fourth-order valence-electron chi connectivity index (χ4n) is 3.59. The maximum absolute atomic E-state index is 13.1. The third-order valence-electron chi connectivity index (χ3n) is 5.14. The molecule has 0 aliphatic heterocycles. The van der Waals surface area contributed by atoms with Gasteiger partial charge in [0.25, 0.3) is 0 Å². The molecule has 144 valence electrons.